The highest BCUT2D eigenvalue weighted by Crippen LogP contribution is 2.26. The molecule has 2 rings (SSSR count). The van der Waals surface area contributed by atoms with Crippen LogP contribution < -0.4 is 4.74 Å². The smallest absolute Gasteiger partial charge is 0.125 e. The van der Waals surface area contributed by atoms with Gasteiger partial charge in [-0.05, 0) is 24.1 Å². The first-order chi connectivity index (χ1) is 9.81. The molecule has 0 amide bonds. The summed E-state index contributed by atoms with van der Waals surface area (Å²) in [5, 5.41) is 9.95. The summed E-state index contributed by atoms with van der Waals surface area (Å²) in [7, 11) is 0. The summed E-state index contributed by atoms with van der Waals surface area (Å²) in [4.78, 5) is 0. The van der Waals surface area contributed by atoms with E-state index >= 15 is 0 Å². The molecule has 0 radical (unpaired) electrons. The van der Waals surface area contributed by atoms with Crippen LogP contribution in [0.5, 0.6) is 5.75 Å². The van der Waals surface area contributed by atoms with Gasteiger partial charge in [-0.15, -0.1) is 0 Å². The second-order valence-electron chi connectivity index (χ2n) is 4.59. The minimum atomic E-state index is -0.468. The summed E-state index contributed by atoms with van der Waals surface area (Å²) in [6, 6.07) is 17.7. The average molecular weight is 268 g/mol. The highest BCUT2D eigenvalue weighted by atomic mass is 16.5. The van der Waals surface area contributed by atoms with Gasteiger partial charge in [0.1, 0.15) is 12.4 Å². The highest BCUT2D eigenvalue weighted by molar-refractivity contribution is 5.48. The molecule has 20 heavy (non-hydrogen) atoms. The lowest BCUT2D eigenvalue weighted by Gasteiger charge is -2.13. The van der Waals surface area contributed by atoms with Gasteiger partial charge in [0, 0.05) is 5.56 Å². The Morgan fingerprint density at radius 1 is 1.05 bits per heavy atom. The van der Waals surface area contributed by atoms with E-state index in [1.54, 1.807) is 0 Å². The Bertz CT molecular complexity index is 546. The number of aliphatic hydroxyl groups is 1. The van der Waals surface area contributed by atoms with Crippen LogP contribution in [0.1, 0.15) is 30.6 Å². The number of benzene rings is 2. The summed E-state index contributed by atoms with van der Waals surface area (Å²) in [5.41, 5.74) is 2.00. The molecule has 2 heteroatoms. The Morgan fingerprint density at radius 2 is 1.75 bits per heavy atom. The maximum atomic E-state index is 9.95. The highest BCUT2D eigenvalue weighted by Gasteiger charge is 2.10. The predicted molar refractivity (Wildman–Crippen MR) is 82.7 cm³/mol. The number of aliphatic hydroxyl groups excluding tert-OH is 1. The lowest BCUT2D eigenvalue weighted by Crippen LogP contribution is -2.01. The van der Waals surface area contributed by atoms with Crippen molar-refractivity contribution in [2.75, 3.05) is 6.61 Å². The van der Waals surface area contributed by atoms with Crippen LogP contribution >= 0.6 is 0 Å². The molecule has 0 aliphatic rings. The third-order valence-corrected chi connectivity index (χ3v) is 3.11. The minimum Gasteiger partial charge on any atom is -0.489 e. The third-order valence-electron chi connectivity index (χ3n) is 3.11. The molecule has 0 aliphatic carbocycles. The summed E-state index contributed by atoms with van der Waals surface area (Å²) in [5.74, 6) is 0.750. The van der Waals surface area contributed by atoms with E-state index in [2.05, 4.69) is 0 Å². The van der Waals surface area contributed by atoms with Gasteiger partial charge in [0.25, 0.3) is 0 Å². The predicted octanol–water partition coefficient (Wildman–Crippen LogP) is 4.22. The molecule has 0 saturated carbocycles. The number of para-hydroxylation sites is 1. The summed E-state index contributed by atoms with van der Waals surface area (Å²) < 4.78 is 5.74. The van der Waals surface area contributed by atoms with Gasteiger partial charge in [-0.1, -0.05) is 61.5 Å². The molecule has 2 aromatic rings. The van der Waals surface area contributed by atoms with Crippen molar-refractivity contribution in [1.82, 2.24) is 0 Å². The monoisotopic (exact) mass is 268 g/mol. The Labute approximate surface area is 120 Å². The van der Waals surface area contributed by atoms with Gasteiger partial charge in [-0.3, -0.25) is 0 Å². The largest absolute Gasteiger partial charge is 0.489 e. The van der Waals surface area contributed by atoms with Crippen molar-refractivity contribution in [3.05, 3.63) is 71.8 Å². The van der Waals surface area contributed by atoms with Crippen molar-refractivity contribution in [1.29, 1.82) is 0 Å². The van der Waals surface area contributed by atoms with Crippen LogP contribution in [-0.4, -0.2) is 11.7 Å². The van der Waals surface area contributed by atoms with E-state index in [0.29, 0.717) is 13.0 Å². The standard InChI is InChI=1S/C18H20O2/c1-2-17(19)16-12-6-7-13-18(16)20-14-8-11-15-9-4-3-5-10-15/h3-13,17,19H,2,14H2,1H3/t17-/m0/s1. The Hall–Kier alpha value is -2.06. The quantitative estimate of drug-likeness (QED) is 0.850. The summed E-state index contributed by atoms with van der Waals surface area (Å²) in [6.45, 7) is 2.44. The van der Waals surface area contributed by atoms with Crippen LogP contribution in [-0.2, 0) is 0 Å². The Balaban J connectivity index is 1.96. The number of rotatable bonds is 6. The van der Waals surface area contributed by atoms with Crippen molar-refractivity contribution in [3.63, 3.8) is 0 Å². The molecule has 0 bridgehead atoms. The summed E-state index contributed by atoms with van der Waals surface area (Å²) >= 11 is 0. The lowest BCUT2D eigenvalue weighted by molar-refractivity contribution is 0.168. The zero-order valence-corrected chi connectivity index (χ0v) is 11.7. The molecular weight excluding hydrogens is 248 g/mol. The SMILES string of the molecule is CC[C@H](O)c1ccccc1OCC=Cc1ccccc1. The van der Waals surface area contributed by atoms with Crippen molar-refractivity contribution in [2.24, 2.45) is 0 Å². The number of hydrogen-bond acceptors (Lipinski definition) is 2. The first kappa shape index (κ1) is 14.4. The normalized spacial score (nSPS) is 12.5. The van der Waals surface area contributed by atoms with Crippen LogP contribution in [0.3, 0.4) is 0 Å². The third kappa shape index (κ3) is 3.97. The van der Waals surface area contributed by atoms with Gasteiger partial charge < -0.3 is 9.84 Å². The number of ether oxygens (including phenoxy) is 1. The van der Waals surface area contributed by atoms with Gasteiger partial charge in [0.15, 0.2) is 0 Å². The van der Waals surface area contributed by atoms with E-state index in [-0.39, 0.29) is 0 Å². The Kier molecular flexibility index (Phi) is 5.39. The molecule has 1 N–H and O–H groups in total. The molecule has 104 valence electrons. The van der Waals surface area contributed by atoms with Gasteiger partial charge in [-0.25, -0.2) is 0 Å². The van der Waals surface area contributed by atoms with Crippen LogP contribution in [0.4, 0.5) is 0 Å². The van der Waals surface area contributed by atoms with Crippen molar-refractivity contribution < 1.29 is 9.84 Å². The fourth-order valence-electron chi connectivity index (χ4n) is 1.99. The molecule has 0 heterocycles. The van der Waals surface area contributed by atoms with Gasteiger partial charge in [-0.2, -0.15) is 0 Å². The van der Waals surface area contributed by atoms with E-state index in [1.165, 1.54) is 0 Å². The lowest BCUT2D eigenvalue weighted by atomic mass is 10.1. The van der Waals surface area contributed by atoms with Gasteiger partial charge in [0.05, 0.1) is 6.10 Å². The van der Waals surface area contributed by atoms with Crippen LogP contribution in [0, 0.1) is 0 Å². The van der Waals surface area contributed by atoms with Crippen molar-refractivity contribution in [2.45, 2.75) is 19.4 Å². The molecule has 1 atom stereocenters. The number of hydrogen-bond donors (Lipinski definition) is 1. The molecule has 0 aromatic heterocycles. The molecule has 0 unspecified atom stereocenters. The minimum absolute atomic E-state index is 0.468. The maximum Gasteiger partial charge on any atom is 0.125 e. The second kappa shape index (κ2) is 7.51. The van der Waals surface area contributed by atoms with Crippen LogP contribution in [0.25, 0.3) is 6.08 Å². The van der Waals surface area contributed by atoms with E-state index in [0.717, 1.165) is 16.9 Å². The first-order valence-corrected chi connectivity index (χ1v) is 6.92. The van der Waals surface area contributed by atoms with Gasteiger partial charge >= 0.3 is 0 Å². The molecule has 2 nitrogen and oxygen atoms in total. The van der Waals surface area contributed by atoms with Crippen molar-refractivity contribution >= 4 is 6.08 Å². The fraction of sp³-hybridized carbons (Fsp3) is 0.222. The second-order valence-corrected chi connectivity index (χ2v) is 4.59. The van der Waals surface area contributed by atoms with Crippen molar-refractivity contribution in [3.8, 4) is 5.75 Å². The summed E-state index contributed by atoms with van der Waals surface area (Å²) in [6.07, 6.45) is 4.22. The zero-order valence-electron chi connectivity index (χ0n) is 11.7. The van der Waals surface area contributed by atoms with E-state index in [9.17, 15) is 5.11 Å². The molecular formula is C18H20O2. The molecule has 0 aliphatic heterocycles. The molecule has 0 saturated heterocycles. The van der Waals surface area contributed by atoms with E-state index in [4.69, 9.17) is 4.74 Å². The van der Waals surface area contributed by atoms with Crippen LogP contribution in [0.15, 0.2) is 60.7 Å². The Morgan fingerprint density at radius 3 is 2.50 bits per heavy atom. The maximum absolute atomic E-state index is 9.95. The average Bonchev–Trinajstić information content (AvgIpc) is 2.52. The fourth-order valence-corrected chi connectivity index (χ4v) is 1.99. The topological polar surface area (TPSA) is 29.5 Å². The molecule has 2 aromatic carbocycles. The zero-order chi connectivity index (χ0) is 14.2. The van der Waals surface area contributed by atoms with E-state index in [1.807, 2.05) is 73.7 Å². The molecule has 0 fully saturated rings. The van der Waals surface area contributed by atoms with Crippen LogP contribution in [0.2, 0.25) is 0 Å². The first-order valence-electron chi connectivity index (χ1n) is 6.92. The molecule has 0 spiro atoms. The van der Waals surface area contributed by atoms with Gasteiger partial charge in [0.2, 0.25) is 0 Å². The van der Waals surface area contributed by atoms with E-state index < -0.39 is 6.10 Å².